The minimum absolute atomic E-state index is 0. The van der Waals surface area contributed by atoms with Gasteiger partial charge in [0.15, 0.2) is 0 Å². The van der Waals surface area contributed by atoms with Gasteiger partial charge in [-0.15, -0.1) is 0 Å². The number of hydrogen-bond donors (Lipinski definition) is 4. The SMILES string of the molecule is C.NC(=O)c1ccc2c(c1O)[C@]13CCN(CC4CCC4)[C@H](C2)[C@]1(O)CC[C@@H](O)C3. The Labute approximate surface area is 172 Å². The number of likely N-dealkylation sites (tertiary alicyclic amines) is 1. The van der Waals surface area contributed by atoms with E-state index in [1.165, 1.54) is 19.3 Å². The van der Waals surface area contributed by atoms with Gasteiger partial charge in [-0.1, -0.05) is 19.9 Å². The summed E-state index contributed by atoms with van der Waals surface area (Å²) in [4.78, 5) is 14.3. The smallest absolute Gasteiger partial charge is 0.252 e. The topological polar surface area (TPSA) is 107 Å². The molecule has 29 heavy (non-hydrogen) atoms. The van der Waals surface area contributed by atoms with Gasteiger partial charge < -0.3 is 21.1 Å². The average Bonchev–Trinajstić information content (AvgIpc) is 2.59. The first kappa shape index (κ1) is 20.6. The number of amides is 1. The molecule has 1 amide bonds. The number of aliphatic hydroxyl groups is 2. The molecule has 4 atom stereocenters. The fourth-order valence-electron chi connectivity index (χ4n) is 6.61. The van der Waals surface area contributed by atoms with Crippen molar-refractivity contribution in [3.8, 4) is 5.75 Å². The molecule has 5 N–H and O–H groups in total. The van der Waals surface area contributed by atoms with Crippen molar-refractivity contribution in [3.05, 3.63) is 28.8 Å². The Kier molecular flexibility index (Phi) is 4.95. The number of carbonyl (C=O) groups excluding carboxylic acids is 1. The summed E-state index contributed by atoms with van der Waals surface area (Å²) in [6.07, 6.45) is 6.15. The Hall–Kier alpha value is -1.63. The van der Waals surface area contributed by atoms with Gasteiger partial charge in [-0.25, -0.2) is 0 Å². The highest BCUT2D eigenvalue weighted by atomic mass is 16.3. The molecule has 0 unspecified atom stereocenters. The first-order valence-electron chi connectivity index (χ1n) is 10.7. The van der Waals surface area contributed by atoms with Crippen molar-refractivity contribution < 1.29 is 20.1 Å². The van der Waals surface area contributed by atoms with E-state index in [0.717, 1.165) is 24.6 Å². The summed E-state index contributed by atoms with van der Waals surface area (Å²) in [6, 6.07) is 3.47. The highest BCUT2D eigenvalue weighted by Gasteiger charge is 2.65. The Morgan fingerprint density at radius 1 is 1.24 bits per heavy atom. The molecule has 6 nitrogen and oxygen atoms in total. The zero-order chi connectivity index (χ0) is 19.7. The predicted molar refractivity (Wildman–Crippen MR) is 111 cm³/mol. The number of nitrogens with two attached hydrogens (primary N) is 1. The molecule has 3 aliphatic carbocycles. The summed E-state index contributed by atoms with van der Waals surface area (Å²) in [5.74, 6) is -0.0399. The first-order valence-corrected chi connectivity index (χ1v) is 10.7. The lowest BCUT2D eigenvalue weighted by Crippen LogP contribution is -2.73. The van der Waals surface area contributed by atoms with Crippen molar-refractivity contribution in [3.63, 3.8) is 0 Å². The van der Waals surface area contributed by atoms with Gasteiger partial charge in [-0.3, -0.25) is 9.69 Å². The van der Waals surface area contributed by atoms with Crippen LogP contribution in [0, 0.1) is 5.92 Å². The standard InChI is InChI=1S/C22H30N2O4.CH4/c23-20(27)16-5-4-14-10-17-22(28)7-6-15(25)11-21(22,18(14)19(16)26)8-9-24(17)12-13-2-1-3-13;/h4-5,13,15,17,25-26,28H,1-3,6-12H2,(H2,23,27);1H4/t15-,17-,21-,22-;/m1./s1. The normalized spacial score (nSPS) is 36.3. The predicted octanol–water partition coefficient (Wildman–Crippen LogP) is 2.07. The number of rotatable bonds is 3. The third kappa shape index (κ3) is 2.76. The maximum absolute atomic E-state index is 12.1. The molecule has 4 aliphatic rings. The zero-order valence-corrected chi connectivity index (χ0v) is 16.2. The van der Waals surface area contributed by atoms with Crippen molar-refractivity contribution in [1.82, 2.24) is 4.90 Å². The lowest BCUT2D eigenvalue weighted by molar-refractivity contribution is -0.185. The van der Waals surface area contributed by atoms with Gasteiger partial charge in [-0.2, -0.15) is 0 Å². The molecular formula is C23H34N2O4. The molecule has 2 saturated carbocycles. The van der Waals surface area contributed by atoms with Gasteiger partial charge in [0.1, 0.15) is 5.75 Å². The summed E-state index contributed by atoms with van der Waals surface area (Å²) >= 11 is 0. The summed E-state index contributed by atoms with van der Waals surface area (Å²) in [5, 5.41) is 33.6. The number of fused-ring (bicyclic) bond motifs is 1. The molecule has 1 aliphatic heterocycles. The van der Waals surface area contributed by atoms with E-state index in [2.05, 4.69) is 4.90 Å². The Bertz CT molecular complexity index is 823. The number of primary amides is 1. The van der Waals surface area contributed by atoms with Crippen molar-refractivity contribution >= 4 is 5.91 Å². The van der Waals surface area contributed by atoms with E-state index in [-0.39, 0.29) is 24.8 Å². The number of hydrogen-bond acceptors (Lipinski definition) is 5. The van der Waals surface area contributed by atoms with Crippen LogP contribution in [-0.2, 0) is 11.8 Å². The summed E-state index contributed by atoms with van der Waals surface area (Å²) in [6.45, 7) is 1.86. The molecular weight excluding hydrogens is 368 g/mol. The van der Waals surface area contributed by atoms with Crippen LogP contribution in [0.4, 0.5) is 0 Å². The number of nitrogens with zero attached hydrogens (tertiary/aromatic N) is 1. The van der Waals surface area contributed by atoms with Gasteiger partial charge in [-0.05, 0) is 69.0 Å². The number of aliphatic hydroxyl groups excluding tert-OH is 1. The molecule has 6 heteroatoms. The first-order chi connectivity index (χ1) is 13.4. The van der Waals surface area contributed by atoms with Gasteiger partial charge in [0.05, 0.1) is 17.3 Å². The van der Waals surface area contributed by atoms with Gasteiger partial charge >= 0.3 is 0 Å². The van der Waals surface area contributed by atoms with E-state index in [9.17, 15) is 20.1 Å². The summed E-state index contributed by atoms with van der Waals surface area (Å²) in [5.41, 5.74) is 5.49. The van der Waals surface area contributed by atoms with E-state index in [4.69, 9.17) is 5.73 Å². The number of aromatic hydroxyl groups is 1. The van der Waals surface area contributed by atoms with Crippen LogP contribution in [-0.4, -0.2) is 57.0 Å². The van der Waals surface area contributed by atoms with Crippen molar-refractivity contribution in [2.45, 2.75) is 82.0 Å². The molecule has 3 fully saturated rings. The fourth-order valence-corrected chi connectivity index (χ4v) is 6.61. The van der Waals surface area contributed by atoms with E-state index in [1.54, 1.807) is 6.07 Å². The summed E-state index contributed by atoms with van der Waals surface area (Å²) in [7, 11) is 0. The minimum Gasteiger partial charge on any atom is -0.507 e. The molecule has 5 rings (SSSR count). The number of piperidine rings is 1. The molecule has 1 aromatic rings. The quantitative estimate of drug-likeness (QED) is 0.619. The maximum atomic E-state index is 12.1. The fraction of sp³-hybridized carbons (Fsp3) is 0.696. The van der Waals surface area contributed by atoms with E-state index in [0.29, 0.717) is 37.7 Å². The highest BCUT2D eigenvalue weighted by Crippen LogP contribution is 2.60. The molecule has 0 aromatic heterocycles. The Balaban J connectivity index is 0.00000205. The second-order valence-corrected chi connectivity index (χ2v) is 9.52. The monoisotopic (exact) mass is 402 g/mol. The van der Waals surface area contributed by atoms with Crippen LogP contribution >= 0.6 is 0 Å². The van der Waals surface area contributed by atoms with Gasteiger partial charge in [0, 0.05) is 23.6 Å². The second kappa shape index (κ2) is 6.96. The largest absolute Gasteiger partial charge is 0.507 e. The van der Waals surface area contributed by atoms with Crippen LogP contribution < -0.4 is 5.73 Å². The van der Waals surface area contributed by atoms with Gasteiger partial charge in [0.25, 0.3) is 5.91 Å². The van der Waals surface area contributed by atoms with E-state index in [1.807, 2.05) is 6.07 Å². The van der Waals surface area contributed by atoms with Crippen molar-refractivity contribution in [2.24, 2.45) is 11.7 Å². The minimum atomic E-state index is -1.00. The Morgan fingerprint density at radius 3 is 2.66 bits per heavy atom. The van der Waals surface area contributed by atoms with Crippen LogP contribution in [0.3, 0.4) is 0 Å². The molecule has 1 heterocycles. The van der Waals surface area contributed by atoms with E-state index < -0.39 is 23.0 Å². The number of carbonyl (C=O) groups is 1. The average molecular weight is 403 g/mol. The lowest BCUT2D eigenvalue weighted by Gasteiger charge is -2.64. The molecule has 0 spiro atoms. The zero-order valence-electron chi connectivity index (χ0n) is 16.2. The molecule has 160 valence electrons. The molecule has 1 saturated heterocycles. The van der Waals surface area contributed by atoms with Crippen LogP contribution in [0.1, 0.15) is 73.9 Å². The van der Waals surface area contributed by atoms with Crippen LogP contribution in [0.2, 0.25) is 0 Å². The van der Waals surface area contributed by atoms with Crippen LogP contribution in [0.5, 0.6) is 5.75 Å². The third-order valence-corrected chi connectivity index (χ3v) is 8.23. The second-order valence-electron chi connectivity index (χ2n) is 9.52. The van der Waals surface area contributed by atoms with Crippen molar-refractivity contribution in [1.29, 1.82) is 0 Å². The lowest BCUT2D eigenvalue weighted by atomic mass is 9.48. The van der Waals surface area contributed by atoms with Gasteiger partial charge in [0.2, 0.25) is 0 Å². The van der Waals surface area contributed by atoms with Crippen LogP contribution in [0.15, 0.2) is 12.1 Å². The van der Waals surface area contributed by atoms with Crippen molar-refractivity contribution in [2.75, 3.05) is 13.1 Å². The van der Waals surface area contributed by atoms with Crippen LogP contribution in [0.25, 0.3) is 0 Å². The molecule has 1 aromatic carbocycles. The Morgan fingerprint density at radius 2 is 2.00 bits per heavy atom. The third-order valence-electron chi connectivity index (χ3n) is 8.23. The highest BCUT2D eigenvalue weighted by molar-refractivity contribution is 5.96. The number of phenols is 1. The maximum Gasteiger partial charge on any atom is 0.252 e. The number of benzene rings is 1. The molecule has 2 bridgehead atoms. The molecule has 0 radical (unpaired) electrons. The van der Waals surface area contributed by atoms with E-state index >= 15 is 0 Å². The summed E-state index contributed by atoms with van der Waals surface area (Å²) < 4.78 is 0.